The van der Waals surface area contributed by atoms with Gasteiger partial charge in [0.05, 0.1) is 5.52 Å². The molecule has 2 N–H and O–H groups in total. The molecule has 2 aromatic rings. The molecule has 0 spiro atoms. The fraction of sp³-hybridized carbons (Fsp3) is 0.545. The fourth-order valence-corrected chi connectivity index (χ4v) is 5.03. The van der Waals surface area contributed by atoms with E-state index in [1.165, 1.54) is 19.3 Å². The number of rotatable bonds is 2. The molecule has 2 aliphatic rings. The van der Waals surface area contributed by atoms with Crippen molar-refractivity contribution < 1.29 is 4.79 Å². The van der Waals surface area contributed by atoms with E-state index in [-0.39, 0.29) is 11.9 Å². The van der Waals surface area contributed by atoms with Gasteiger partial charge in [-0.15, -0.1) is 5.54 Å². The van der Waals surface area contributed by atoms with Crippen LogP contribution in [0.4, 0.5) is 0 Å². The number of amides is 1. The van der Waals surface area contributed by atoms with Gasteiger partial charge in [0.2, 0.25) is 0 Å². The minimum absolute atomic E-state index is 0.0748. The van der Waals surface area contributed by atoms with Gasteiger partial charge in [-0.1, -0.05) is 32.0 Å². The standard InChI is InChI=1S/C22H30N4OSi/c1-26-17-6-5-7-18(26)14-16(13-17)23-22(27)21-19-12-15(10-11-28(2,3)4)8-9-20(19)24-25-21/h8-9,12,16-18H,5-7,13-14H2,1-4H3,(H,23,27)(H,24,25)/t16-,17+,18-. The highest BCUT2D eigenvalue weighted by Crippen LogP contribution is 2.32. The Balaban J connectivity index is 1.53. The second-order valence-corrected chi connectivity index (χ2v) is 14.1. The van der Waals surface area contributed by atoms with Crippen LogP contribution < -0.4 is 5.32 Å². The summed E-state index contributed by atoms with van der Waals surface area (Å²) in [6.45, 7) is 6.69. The number of H-pyrrole nitrogens is 1. The molecular weight excluding hydrogens is 364 g/mol. The van der Waals surface area contributed by atoms with Crippen molar-refractivity contribution in [3.8, 4) is 11.5 Å². The molecule has 0 radical (unpaired) electrons. The van der Waals surface area contributed by atoms with Crippen LogP contribution in [0.3, 0.4) is 0 Å². The second-order valence-electron chi connectivity index (χ2n) is 9.38. The van der Waals surface area contributed by atoms with Gasteiger partial charge in [0, 0.05) is 29.1 Å². The quantitative estimate of drug-likeness (QED) is 0.605. The Bertz CT molecular complexity index is 935. The van der Waals surface area contributed by atoms with Crippen molar-refractivity contribution in [2.24, 2.45) is 0 Å². The SMILES string of the molecule is CN1[C@@H]2CCC[C@H]1C[C@@H](NC(=O)c1n[nH]c3ccc(C#C[Si](C)(C)C)cc13)C2. The molecule has 2 saturated heterocycles. The number of fused-ring (bicyclic) bond motifs is 3. The van der Waals surface area contributed by atoms with Crippen LogP contribution in [-0.2, 0) is 0 Å². The molecule has 5 nitrogen and oxygen atoms in total. The number of aromatic amines is 1. The van der Waals surface area contributed by atoms with E-state index in [1.54, 1.807) is 0 Å². The summed E-state index contributed by atoms with van der Waals surface area (Å²) in [4.78, 5) is 15.5. The summed E-state index contributed by atoms with van der Waals surface area (Å²) in [6.07, 6.45) is 5.86. The van der Waals surface area contributed by atoms with Crippen molar-refractivity contribution in [2.75, 3.05) is 7.05 Å². The number of aromatic nitrogens is 2. The van der Waals surface area contributed by atoms with Crippen molar-refractivity contribution in [3.63, 3.8) is 0 Å². The van der Waals surface area contributed by atoms with Crippen LogP contribution in [0.15, 0.2) is 18.2 Å². The summed E-state index contributed by atoms with van der Waals surface area (Å²) in [7, 11) is 0.792. The van der Waals surface area contributed by atoms with E-state index in [9.17, 15) is 4.79 Å². The summed E-state index contributed by atoms with van der Waals surface area (Å²) in [5.74, 6) is 3.20. The first-order valence-corrected chi connectivity index (χ1v) is 13.8. The zero-order valence-electron chi connectivity index (χ0n) is 17.3. The van der Waals surface area contributed by atoms with Crippen molar-refractivity contribution in [1.82, 2.24) is 20.4 Å². The lowest BCUT2D eigenvalue weighted by Crippen LogP contribution is -2.55. The molecule has 0 unspecified atom stereocenters. The van der Waals surface area contributed by atoms with Gasteiger partial charge in [-0.25, -0.2) is 0 Å². The molecule has 148 valence electrons. The molecule has 1 aromatic carbocycles. The van der Waals surface area contributed by atoms with Gasteiger partial charge in [0.25, 0.3) is 5.91 Å². The van der Waals surface area contributed by atoms with E-state index in [2.05, 4.69) is 58.6 Å². The Labute approximate surface area is 168 Å². The van der Waals surface area contributed by atoms with Crippen molar-refractivity contribution in [2.45, 2.75) is 69.9 Å². The van der Waals surface area contributed by atoms with E-state index < -0.39 is 8.07 Å². The number of nitrogens with one attached hydrogen (secondary N) is 2. The zero-order valence-corrected chi connectivity index (χ0v) is 18.3. The average Bonchev–Trinajstić information content (AvgIpc) is 3.03. The second kappa shape index (κ2) is 7.38. The van der Waals surface area contributed by atoms with Crippen molar-refractivity contribution in [3.05, 3.63) is 29.5 Å². The lowest BCUT2D eigenvalue weighted by Gasteiger charge is -2.47. The highest BCUT2D eigenvalue weighted by atomic mass is 28.3. The summed E-state index contributed by atoms with van der Waals surface area (Å²) in [6, 6.07) is 7.38. The molecule has 2 fully saturated rings. The third-order valence-electron chi connectivity index (χ3n) is 6.03. The molecule has 1 aromatic heterocycles. The molecule has 28 heavy (non-hydrogen) atoms. The third-order valence-corrected chi connectivity index (χ3v) is 6.91. The Morgan fingerprint density at radius 3 is 2.64 bits per heavy atom. The predicted octanol–water partition coefficient (Wildman–Crippen LogP) is 3.54. The van der Waals surface area contributed by atoms with E-state index >= 15 is 0 Å². The summed E-state index contributed by atoms with van der Waals surface area (Å²) >= 11 is 0. The maximum atomic E-state index is 13.0. The Kier molecular flexibility index (Phi) is 5.07. The maximum Gasteiger partial charge on any atom is 0.272 e. The molecule has 3 heterocycles. The number of hydrogen-bond donors (Lipinski definition) is 2. The molecule has 0 aliphatic carbocycles. The van der Waals surface area contributed by atoms with Gasteiger partial charge in [-0.05, 0) is 50.9 Å². The lowest BCUT2D eigenvalue weighted by molar-refractivity contribution is 0.0462. The van der Waals surface area contributed by atoms with E-state index in [0.717, 1.165) is 29.3 Å². The van der Waals surface area contributed by atoms with Crippen LogP contribution in [0.25, 0.3) is 10.9 Å². The largest absolute Gasteiger partial charge is 0.348 e. The number of nitrogens with zero attached hydrogens (tertiary/aromatic N) is 2. The summed E-state index contributed by atoms with van der Waals surface area (Å²) in [5.41, 5.74) is 5.69. The minimum atomic E-state index is -1.44. The molecule has 2 bridgehead atoms. The first kappa shape index (κ1) is 19.2. The van der Waals surface area contributed by atoms with Crippen LogP contribution in [0, 0.1) is 11.5 Å². The fourth-order valence-electron chi connectivity index (χ4n) is 4.51. The molecule has 6 heteroatoms. The first-order valence-electron chi connectivity index (χ1n) is 10.3. The van der Waals surface area contributed by atoms with Crippen LogP contribution >= 0.6 is 0 Å². The molecule has 3 atom stereocenters. The number of carbonyl (C=O) groups excluding carboxylic acids is 1. The Morgan fingerprint density at radius 2 is 1.96 bits per heavy atom. The minimum Gasteiger partial charge on any atom is -0.348 e. The molecule has 2 aliphatic heterocycles. The smallest absolute Gasteiger partial charge is 0.272 e. The highest BCUT2D eigenvalue weighted by molar-refractivity contribution is 6.83. The topological polar surface area (TPSA) is 61.0 Å². The predicted molar refractivity (Wildman–Crippen MR) is 116 cm³/mol. The van der Waals surface area contributed by atoms with Gasteiger partial charge in [0.1, 0.15) is 8.07 Å². The first-order chi connectivity index (χ1) is 13.3. The van der Waals surface area contributed by atoms with E-state index in [4.69, 9.17) is 0 Å². The summed E-state index contributed by atoms with van der Waals surface area (Å²) in [5, 5.41) is 11.4. The van der Waals surface area contributed by atoms with Crippen molar-refractivity contribution >= 4 is 24.9 Å². The Hall–Kier alpha value is -2.10. The maximum absolute atomic E-state index is 13.0. The van der Waals surface area contributed by atoms with Gasteiger partial charge in [-0.3, -0.25) is 9.89 Å². The van der Waals surface area contributed by atoms with Crippen LogP contribution in [0.1, 0.15) is 48.2 Å². The third kappa shape index (κ3) is 4.01. The van der Waals surface area contributed by atoms with Crippen LogP contribution in [0.2, 0.25) is 19.6 Å². The van der Waals surface area contributed by atoms with Crippen LogP contribution in [-0.4, -0.2) is 54.3 Å². The molecule has 1 amide bonds. The zero-order chi connectivity index (χ0) is 19.9. The number of benzene rings is 1. The Morgan fingerprint density at radius 1 is 1.25 bits per heavy atom. The monoisotopic (exact) mass is 394 g/mol. The van der Waals surface area contributed by atoms with Gasteiger partial charge >= 0.3 is 0 Å². The van der Waals surface area contributed by atoms with Crippen molar-refractivity contribution in [1.29, 1.82) is 0 Å². The van der Waals surface area contributed by atoms with Gasteiger partial charge in [0.15, 0.2) is 5.69 Å². The van der Waals surface area contributed by atoms with Gasteiger partial charge in [-0.2, -0.15) is 5.10 Å². The number of piperidine rings is 2. The van der Waals surface area contributed by atoms with E-state index in [0.29, 0.717) is 17.8 Å². The molecule has 4 rings (SSSR count). The highest BCUT2D eigenvalue weighted by Gasteiger charge is 2.36. The normalized spacial score (nSPS) is 25.2. The average molecular weight is 395 g/mol. The van der Waals surface area contributed by atoms with Crippen LogP contribution in [0.5, 0.6) is 0 Å². The lowest BCUT2D eigenvalue weighted by atomic mass is 9.82. The van der Waals surface area contributed by atoms with E-state index in [1.807, 2.05) is 18.2 Å². The summed E-state index contributed by atoms with van der Waals surface area (Å²) < 4.78 is 0. The molecular formula is C22H30N4OSi. The number of carbonyl (C=O) groups is 1. The number of hydrogen-bond acceptors (Lipinski definition) is 3. The molecule has 0 saturated carbocycles. The van der Waals surface area contributed by atoms with Gasteiger partial charge < -0.3 is 10.2 Å².